The van der Waals surface area contributed by atoms with E-state index in [1.54, 1.807) is 6.20 Å². The highest BCUT2D eigenvalue weighted by atomic mass is 35.5. The second-order valence-corrected chi connectivity index (χ2v) is 8.34. The minimum absolute atomic E-state index is 0.255. The fraction of sp³-hybridized carbons (Fsp3) is 0.333. The molecule has 2 amide bonds. The number of anilines is 1. The Morgan fingerprint density at radius 2 is 2.04 bits per heavy atom. The van der Waals surface area contributed by atoms with E-state index in [1.165, 1.54) is 0 Å². The third kappa shape index (κ3) is 5.23. The van der Waals surface area contributed by atoms with Gasteiger partial charge >= 0.3 is 6.03 Å². The maximum atomic E-state index is 12.3. The molecule has 0 fully saturated rings. The zero-order valence-electron chi connectivity index (χ0n) is 15.9. The molecule has 0 saturated carbocycles. The normalized spacial score (nSPS) is 11.6. The first kappa shape index (κ1) is 19.2. The van der Waals surface area contributed by atoms with Gasteiger partial charge in [0.15, 0.2) is 0 Å². The molecule has 0 spiro atoms. The first-order chi connectivity index (χ1) is 12.8. The number of nitrogens with zero attached hydrogens (tertiary/aromatic N) is 1. The molecule has 2 aromatic carbocycles. The molecule has 0 atom stereocenters. The quantitative estimate of drug-likeness (QED) is 0.542. The van der Waals surface area contributed by atoms with Crippen LogP contribution in [0.1, 0.15) is 38.3 Å². The van der Waals surface area contributed by atoms with E-state index in [2.05, 4.69) is 47.7 Å². The van der Waals surface area contributed by atoms with Crippen molar-refractivity contribution < 1.29 is 4.79 Å². The van der Waals surface area contributed by atoms with E-state index in [9.17, 15) is 4.79 Å². The molecular weight excluding hydrogens is 360 g/mol. The van der Waals surface area contributed by atoms with Crippen molar-refractivity contribution in [2.75, 3.05) is 5.32 Å². The number of carbonyl (C=O) groups excluding carboxylic acids is 1. The highest BCUT2D eigenvalue weighted by molar-refractivity contribution is 6.31. The van der Waals surface area contributed by atoms with E-state index in [-0.39, 0.29) is 11.4 Å². The lowest BCUT2D eigenvalue weighted by molar-refractivity contribution is 0.252. The van der Waals surface area contributed by atoms with Gasteiger partial charge in [-0.25, -0.2) is 4.79 Å². The van der Waals surface area contributed by atoms with Crippen molar-refractivity contribution in [3.63, 3.8) is 0 Å². The van der Waals surface area contributed by atoms with Crippen molar-refractivity contribution in [1.82, 2.24) is 15.5 Å². The number of H-pyrrole nitrogens is 1. The van der Waals surface area contributed by atoms with Gasteiger partial charge in [0.1, 0.15) is 0 Å². The first-order valence-corrected chi connectivity index (χ1v) is 9.44. The molecule has 6 heteroatoms. The number of benzene rings is 2. The van der Waals surface area contributed by atoms with Crippen molar-refractivity contribution in [1.29, 1.82) is 0 Å². The monoisotopic (exact) mass is 384 g/mol. The van der Waals surface area contributed by atoms with Crippen LogP contribution in [-0.2, 0) is 13.0 Å². The van der Waals surface area contributed by atoms with Crippen molar-refractivity contribution in [3.05, 3.63) is 58.7 Å². The third-order valence-corrected chi connectivity index (χ3v) is 4.81. The molecule has 1 heterocycles. The molecule has 0 saturated heterocycles. The summed E-state index contributed by atoms with van der Waals surface area (Å²) in [5.41, 5.74) is 4.01. The van der Waals surface area contributed by atoms with Gasteiger partial charge in [-0.15, -0.1) is 0 Å². The average Bonchev–Trinajstić information content (AvgIpc) is 3.09. The van der Waals surface area contributed by atoms with Crippen LogP contribution in [0.4, 0.5) is 10.5 Å². The van der Waals surface area contributed by atoms with Gasteiger partial charge in [-0.1, -0.05) is 50.6 Å². The molecule has 0 aliphatic rings. The molecule has 0 aliphatic carbocycles. The van der Waals surface area contributed by atoms with E-state index in [4.69, 9.17) is 11.6 Å². The van der Waals surface area contributed by atoms with Gasteiger partial charge in [0, 0.05) is 17.0 Å². The molecule has 0 radical (unpaired) electrons. The molecule has 3 rings (SSSR count). The summed E-state index contributed by atoms with van der Waals surface area (Å²) in [6, 6.07) is 11.3. The SMILES string of the molecule is CC(C)(C)CCc1cc(CNC(=O)Nc2cccc3[nH]ncc23)ccc1Cl. The summed E-state index contributed by atoms with van der Waals surface area (Å²) in [4.78, 5) is 12.3. The number of amides is 2. The van der Waals surface area contributed by atoms with Crippen LogP contribution >= 0.6 is 11.6 Å². The molecule has 3 aromatic rings. The number of aromatic nitrogens is 2. The van der Waals surface area contributed by atoms with Crippen LogP contribution < -0.4 is 10.6 Å². The predicted molar refractivity (Wildman–Crippen MR) is 111 cm³/mol. The number of rotatable bonds is 5. The summed E-state index contributed by atoms with van der Waals surface area (Å²) in [5.74, 6) is 0. The number of halogens is 1. The Hall–Kier alpha value is -2.53. The molecular formula is C21H25ClN4O. The Balaban J connectivity index is 1.61. The highest BCUT2D eigenvalue weighted by Crippen LogP contribution is 2.26. The molecule has 0 bridgehead atoms. The number of urea groups is 1. The number of nitrogens with one attached hydrogen (secondary N) is 3. The lowest BCUT2D eigenvalue weighted by Crippen LogP contribution is -2.28. The molecule has 0 unspecified atom stereocenters. The Morgan fingerprint density at radius 1 is 1.22 bits per heavy atom. The second-order valence-electron chi connectivity index (χ2n) is 7.93. The minimum atomic E-state index is -0.255. The van der Waals surface area contributed by atoms with E-state index in [1.807, 2.05) is 30.3 Å². The zero-order valence-corrected chi connectivity index (χ0v) is 16.7. The zero-order chi connectivity index (χ0) is 19.4. The van der Waals surface area contributed by atoms with E-state index >= 15 is 0 Å². The van der Waals surface area contributed by atoms with Crippen molar-refractivity contribution in [2.24, 2.45) is 5.41 Å². The Labute approximate surface area is 164 Å². The van der Waals surface area contributed by atoms with Gasteiger partial charge in [0.2, 0.25) is 0 Å². The second kappa shape index (κ2) is 8.01. The van der Waals surface area contributed by atoms with Gasteiger partial charge < -0.3 is 10.6 Å². The van der Waals surface area contributed by atoms with Crippen molar-refractivity contribution in [2.45, 2.75) is 40.2 Å². The van der Waals surface area contributed by atoms with Crippen LogP contribution in [0.15, 0.2) is 42.6 Å². The Kier molecular flexibility index (Phi) is 5.71. The van der Waals surface area contributed by atoms with Gasteiger partial charge in [-0.3, -0.25) is 5.10 Å². The minimum Gasteiger partial charge on any atom is -0.334 e. The van der Waals surface area contributed by atoms with Gasteiger partial charge in [-0.2, -0.15) is 5.10 Å². The van der Waals surface area contributed by atoms with Crippen LogP contribution in [0.3, 0.4) is 0 Å². The van der Waals surface area contributed by atoms with Crippen LogP contribution in [0, 0.1) is 5.41 Å². The molecule has 0 aliphatic heterocycles. The summed E-state index contributed by atoms with van der Waals surface area (Å²) in [6.07, 6.45) is 3.68. The number of fused-ring (bicyclic) bond motifs is 1. The molecule has 142 valence electrons. The van der Waals surface area contributed by atoms with Gasteiger partial charge in [-0.05, 0) is 47.6 Å². The van der Waals surface area contributed by atoms with Crippen LogP contribution in [0.2, 0.25) is 5.02 Å². The molecule has 1 aromatic heterocycles. The van der Waals surface area contributed by atoms with E-state index in [0.29, 0.717) is 6.54 Å². The summed E-state index contributed by atoms with van der Waals surface area (Å²) >= 11 is 6.33. The Bertz CT molecular complexity index is 943. The van der Waals surface area contributed by atoms with Gasteiger partial charge in [0.05, 0.1) is 17.4 Å². The average molecular weight is 385 g/mol. The molecule has 27 heavy (non-hydrogen) atoms. The summed E-state index contributed by atoms with van der Waals surface area (Å²) in [7, 11) is 0. The number of carbonyl (C=O) groups is 1. The Morgan fingerprint density at radius 3 is 2.81 bits per heavy atom. The third-order valence-electron chi connectivity index (χ3n) is 4.44. The van der Waals surface area contributed by atoms with Crippen LogP contribution in [0.5, 0.6) is 0 Å². The topological polar surface area (TPSA) is 69.8 Å². The van der Waals surface area contributed by atoms with E-state index < -0.39 is 0 Å². The standard InChI is InChI=1S/C21H25ClN4O/c1-21(2,3)10-9-15-11-14(7-8-17(15)22)12-23-20(27)25-18-5-4-6-19-16(18)13-24-26-19/h4-8,11,13H,9-10,12H2,1-3H3,(H,24,26)(H2,23,25,27). The van der Waals surface area contributed by atoms with E-state index in [0.717, 1.165) is 45.6 Å². The maximum Gasteiger partial charge on any atom is 0.319 e. The fourth-order valence-corrected chi connectivity index (χ4v) is 3.08. The van der Waals surface area contributed by atoms with Crippen molar-refractivity contribution >= 4 is 34.2 Å². The first-order valence-electron chi connectivity index (χ1n) is 9.06. The lowest BCUT2D eigenvalue weighted by atomic mass is 9.88. The maximum absolute atomic E-state index is 12.3. The summed E-state index contributed by atoms with van der Waals surface area (Å²) in [6.45, 7) is 7.10. The number of aryl methyl sites for hydroxylation is 1. The summed E-state index contributed by atoms with van der Waals surface area (Å²) < 4.78 is 0. The number of hydrogen-bond donors (Lipinski definition) is 3. The highest BCUT2D eigenvalue weighted by Gasteiger charge is 2.12. The number of aromatic amines is 1. The molecule has 5 nitrogen and oxygen atoms in total. The fourth-order valence-electron chi connectivity index (χ4n) is 2.87. The lowest BCUT2D eigenvalue weighted by Gasteiger charge is -2.18. The molecule has 3 N–H and O–H groups in total. The summed E-state index contributed by atoms with van der Waals surface area (Å²) in [5, 5.41) is 14.3. The smallest absolute Gasteiger partial charge is 0.319 e. The number of hydrogen-bond acceptors (Lipinski definition) is 2. The van der Waals surface area contributed by atoms with Crippen molar-refractivity contribution in [3.8, 4) is 0 Å². The largest absolute Gasteiger partial charge is 0.334 e. The van der Waals surface area contributed by atoms with Crippen LogP contribution in [-0.4, -0.2) is 16.2 Å². The van der Waals surface area contributed by atoms with Crippen LogP contribution in [0.25, 0.3) is 10.9 Å². The van der Waals surface area contributed by atoms with Gasteiger partial charge in [0.25, 0.3) is 0 Å². The predicted octanol–water partition coefficient (Wildman–Crippen LogP) is 5.52.